The standard InChI is InChI=1S/C26H30O10/c1-31-25-21(29)19(27)17(35-25)11-33-23-13-7-3-5-9-15(13)24(16-10-6-4-8-14(16)23)34-12-18-20(28)22(30)26(32-2)36-18/h3-10,17-22,25-30H,11-12H2,1-2H3/t17-,18-,19-,20-,21-,22-,25+,26+/m1/s1. The number of aliphatic hydroxyl groups excluding tert-OH is 4. The predicted octanol–water partition coefficient (Wildman–Crippen LogP) is 0.937. The van der Waals surface area contributed by atoms with Gasteiger partial charge in [-0.1, -0.05) is 48.5 Å². The molecule has 2 saturated heterocycles. The van der Waals surface area contributed by atoms with Crippen LogP contribution in [0.5, 0.6) is 11.5 Å². The minimum atomic E-state index is -1.17. The van der Waals surface area contributed by atoms with E-state index in [-0.39, 0.29) is 13.2 Å². The number of aliphatic hydroxyl groups is 4. The molecule has 36 heavy (non-hydrogen) atoms. The SMILES string of the molecule is CO[C@H]1O[C@H](COc2c3ccccc3c(OC[C@H]3O[C@H](OC)[C@H](O)[C@@H]3O)c3ccccc23)[C@@H](O)[C@H]1O. The van der Waals surface area contributed by atoms with E-state index in [0.29, 0.717) is 11.5 Å². The maximum atomic E-state index is 10.3. The number of hydrogen-bond acceptors (Lipinski definition) is 10. The van der Waals surface area contributed by atoms with Gasteiger partial charge >= 0.3 is 0 Å². The fourth-order valence-electron chi connectivity index (χ4n) is 4.78. The zero-order chi connectivity index (χ0) is 25.4. The van der Waals surface area contributed by atoms with Crippen LogP contribution < -0.4 is 9.47 Å². The number of hydrogen-bond donors (Lipinski definition) is 4. The Bertz CT molecular complexity index is 1050. The molecule has 0 aliphatic carbocycles. The summed E-state index contributed by atoms with van der Waals surface area (Å²) in [5.41, 5.74) is 0. The number of methoxy groups -OCH3 is 2. The molecule has 194 valence electrons. The number of ether oxygens (including phenoxy) is 6. The van der Waals surface area contributed by atoms with E-state index < -0.39 is 49.2 Å². The van der Waals surface area contributed by atoms with Crippen molar-refractivity contribution in [1.82, 2.24) is 0 Å². The Morgan fingerprint density at radius 3 is 1.19 bits per heavy atom. The van der Waals surface area contributed by atoms with Gasteiger partial charge in [0, 0.05) is 35.8 Å². The predicted molar refractivity (Wildman–Crippen MR) is 128 cm³/mol. The first-order valence-electron chi connectivity index (χ1n) is 11.7. The van der Waals surface area contributed by atoms with Crippen molar-refractivity contribution >= 4 is 21.5 Å². The van der Waals surface area contributed by atoms with Crippen LogP contribution in [-0.4, -0.2) is 97.1 Å². The third-order valence-electron chi connectivity index (χ3n) is 6.72. The molecule has 4 N–H and O–H groups in total. The topological polar surface area (TPSA) is 136 Å². The summed E-state index contributed by atoms with van der Waals surface area (Å²) in [5.74, 6) is 1.15. The molecule has 8 atom stereocenters. The summed E-state index contributed by atoms with van der Waals surface area (Å²) in [6, 6.07) is 15.1. The van der Waals surface area contributed by atoms with E-state index in [9.17, 15) is 20.4 Å². The summed E-state index contributed by atoms with van der Waals surface area (Å²) < 4.78 is 33.7. The summed E-state index contributed by atoms with van der Waals surface area (Å²) in [6.45, 7) is -0.0185. The molecule has 0 saturated carbocycles. The summed E-state index contributed by atoms with van der Waals surface area (Å²) in [7, 11) is 2.80. The van der Waals surface area contributed by atoms with Crippen LogP contribution in [0.3, 0.4) is 0 Å². The lowest BCUT2D eigenvalue weighted by Crippen LogP contribution is -2.35. The summed E-state index contributed by atoms with van der Waals surface area (Å²) >= 11 is 0. The first-order chi connectivity index (χ1) is 17.4. The van der Waals surface area contributed by atoms with E-state index in [0.717, 1.165) is 21.5 Å². The van der Waals surface area contributed by atoms with E-state index in [1.54, 1.807) is 0 Å². The molecule has 3 aromatic carbocycles. The first kappa shape index (κ1) is 25.1. The lowest BCUT2D eigenvalue weighted by atomic mass is 10.0. The van der Waals surface area contributed by atoms with Gasteiger partial charge in [0.2, 0.25) is 0 Å². The van der Waals surface area contributed by atoms with Crippen molar-refractivity contribution < 1.29 is 48.8 Å². The van der Waals surface area contributed by atoms with Crippen molar-refractivity contribution in [3.05, 3.63) is 48.5 Å². The van der Waals surface area contributed by atoms with Crippen LogP contribution in [0.4, 0.5) is 0 Å². The largest absolute Gasteiger partial charge is 0.489 e. The summed E-state index contributed by atoms with van der Waals surface area (Å²) in [5, 5.41) is 44.0. The molecule has 0 spiro atoms. The Kier molecular flexibility index (Phi) is 7.29. The van der Waals surface area contributed by atoms with Gasteiger partial charge in [-0.3, -0.25) is 0 Å². The Morgan fingerprint density at radius 1 is 0.583 bits per heavy atom. The maximum absolute atomic E-state index is 10.3. The van der Waals surface area contributed by atoms with Crippen molar-refractivity contribution in [1.29, 1.82) is 0 Å². The third kappa shape index (κ3) is 4.40. The fourth-order valence-corrected chi connectivity index (χ4v) is 4.78. The van der Waals surface area contributed by atoms with Gasteiger partial charge in [-0.15, -0.1) is 0 Å². The van der Waals surface area contributed by atoms with E-state index in [1.165, 1.54) is 14.2 Å². The van der Waals surface area contributed by atoms with E-state index in [2.05, 4.69) is 0 Å². The summed E-state index contributed by atoms with van der Waals surface area (Å²) in [4.78, 5) is 0. The average molecular weight is 503 g/mol. The van der Waals surface area contributed by atoms with E-state index in [4.69, 9.17) is 28.4 Å². The van der Waals surface area contributed by atoms with E-state index >= 15 is 0 Å². The molecule has 10 heteroatoms. The highest BCUT2D eigenvalue weighted by Crippen LogP contribution is 2.43. The Morgan fingerprint density at radius 2 is 0.917 bits per heavy atom. The third-order valence-corrected chi connectivity index (χ3v) is 6.72. The number of rotatable bonds is 8. The molecule has 0 unspecified atom stereocenters. The highest BCUT2D eigenvalue weighted by molar-refractivity contribution is 6.11. The van der Waals surface area contributed by atoms with Crippen molar-refractivity contribution in [3.63, 3.8) is 0 Å². The summed E-state index contributed by atoms with van der Waals surface area (Å²) in [6.07, 6.45) is -8.06. The molecule has 0 aromatic heterocycles. The van der Waals surface area contributed by atoms with Crippen LogP contribution in [0.2, 0.25) is 0 Å². The van der Waals surface area contributed by atoms with Gasteiger partial charge in [0.15, 0.2) is 12.6 Å². The second-order valence-corrected chi connectivity index (χ2v) is 8.89. The van der Waals surface area contributed by atoms with E-state index in [1.807, 2.05) is 48.5 Å². The van der Waals surface area contributed by atoms with Crippen LogP contribution in [-0.2, 0) is 18.9 Å². The lowest BCUT2D eigenvalue weighted by Gasteiger charge is -2.21. The Balaban J connectivity index is 1.46. The Hall–Kier alpha value is -2.54. The fraction of sp³-hybridized carbons (Fsp3) is 0.462. The van der Waals surface area contributed by atoms with Gasteiger partial charge < -0.3 is 48.8 Å². The minimum absolute atomic E-state index is 0.00925. The number of fused-ring (bicyclic) bond motifs is 2. The molecule has 3 aromatic rings. The zero-order valence-electron chi connectivity index (χ0n) is 19.9. The highest BCUT2D eigenvalue weighted by atomic mass is 16.7. The molecule has 2 aliphatic rings. The smallest absolute Gasteiger partial charge is 0.186 e. The normalized spacial score (nSPS) is 32.4. The van der Waals surface area contributed by atoms with Gasteiger partial charge in [0.25, 0.3) is 0 Å². The second-order valence-electron chi connectivity index (χ2n) is 8.89. The molecule has 0 amide bonds. The average Bonchev–Trinajstić information content (AvgIpc) is 3.34. The van der Waals surface area contributed by atoms with Crippen LogP contribution >= 0.6 is 0 Å². The van der Waals surface area contributed by atoms with Crippen LogP contribution in [0.1, 0.15) is 0 Å². The maximum Gasteiger partial charge on any atom is 0.186 e. The lowest BCUT2D eigenvalue weighted by molar-refractivity contribution is -0.152. The highest BCUT2D eigenvalue weighted by Gasteiger charge is 2.44. The van der Waals surface area contributed by atoms with Gasteiger partial charge in [-0.25, -0.2) is 0 Å². The quantitative estimate of drug-likeness (QED) is 0.330. The van der Waals surface area contributed by atoms with Crippen molar-refractivity contribution in [2.75, 3.05) is 27.4 Å². The molecular weight excluding hydrogens is 472 g/mol. The van der Waals surface area contributed by atoms with Crippen LogP contribution in [0.25, 0.3) is 21.5 Å². The second kappa shape index (κ2) is 10.4. The Labute approximate surface area is 207 Å². The molecule has 10 nitrogen and oxygen atoms in total. The molecule has 0 radical (unpaired) electrons. The van der Waals surface area contributed by atoms with Crippen molar-refractivity contribution in [2.24, 2.45) is 0 Å². The van der Waals surface area contributed by atoms with Crippen molar-refractivity contribution in [2.45, 2.75) is 49.2 Å². The van der Waals surface area contributed by atoms with Gasteiger partial charge in [0.1, 0.15) is 61.3 Å². The zero-order valence-corrected chi connectivity index (χ0v) is 19.9. The first-order valence-corrected chi connectivity index (χ1v) is 11.7. The van der Waals surface area contributed by atoms with Gasteiger partial charge in [-0.2, -0.15) is 0 Å². The molecular formula is C26H30O10. The molecule has 5 rings (SSSR count). The molecule has 0 bridgehead atoms. The van der Waals surface area contributed by atoms with Crippen LogP contribution in [0, 0.1) is 0 Å². The molecule has 2 heterocycles. The minimum Gasteiger partial charge on any atom is -0.489 e. The van der Waals surface area contributed by atoms with Gasteiger partial charge in [0.05, 0.1) is 0 Å². The van der Waals surface area contributed by atoms with Crippen molar-refractivity contribution in [3.8, 4) is 11.5 Å². The molecule has 2 aliphatic heterocycles. The van der Waals surface area contributed by atoms with Gasteiger partial charge in [-0.05, 0) is 0 Å². The van der Waals surface area contributed by atoms with Crippen LogP contribution in [0.15, 0.2) is 48.5 Å². The number of benzene rings is 3. The monoisotopic (exact) mass is 502 g/mol. The molecule has 2 fully saturated rings.